The number of carbonyl (C=O) groups is 4. The van der Waals surface area contributed by atoms with Crippen molar-refractivity contribution in [3.8, 4) is 0 Å². The normalized spacial score (nSPS) is 20.6. The van der Waals surface area contributed by atoms with Crippen molar-refractivity contribution in [2.24, 2.45) is 5.73 Å². The van der Waals surface area contributed by atoms with Gasteiger partial charge in [-0.25, -0.2) is 8.42 Å². The average Bonchev–Trinajstić information content (AvgIpc) is 3.53. The summed E-state index contributed by atoms with van der Waals surface area (Å²) in [6.07, 6.45) is 0.820. The standard InChI is InChI=1S/C26H27Cl2N3O6S/c1-25(2,21(32)22(29)33)30-23(34)19-13-17(38(36,37)20-6-4-3-5-18(20)28)14-31(19)24(35)26(11-12-26)15-7-9-16(27)10-8-15/h3-10,17,19H,11-14H2,1-2H3,(H2,29,33)(H,30,34)/t17-,19+/m1/s1. The fourth-order valence-electron chi connectivity index (χ4n) is 4.90. The van der Waals surface area contributed by atoms with E-state index in [1.165, 1.54) is 30.9 Å². The molecule has 1 heterocycles. The molecule has 0 spiro atoms. The number of ketones is 1. The number of hydrogen-bond acceptors (Lipinski definition) is 6. The molecule has 3 amide bonds. The summed E-state index contributed by atoms with van der Waals surface area (Å²) in [5.74, 6) is -3.41. The fourth-order valence-corrected chi connectivity index (χ4v) is 7.25. The van der Waals surface area contributed by atoms with Gasteiger partial charge in [-0.2, -0.15) is 0 Å². The van der Waals surface area contributed by atoms with Crippen molar-refractivity contribution in [2.45, 2.75) is 60.3 Å². The SMILES string of the molecule is CC(C)(NC(=O)[C@@H]1C[C@@H](S(=O)(=O)c2ccccc2Cl)CN1C(=O)C1(c2ccc(Cl)cc2)CC1)C(=O)C(N)=O. The summed E-state index contributed by atoms with van der Waals surface area (Å²) in [5.41, 5.74) is 3.26. The molecule has 2 aliphatic rings. The lowest BCUT2D eigenvalue weighted by molar-refractivity contribution is -0.144. The van der Waals surface area contributed by atoms with Crippen molar-refractivity contribution in [1.29, 1.82) is 0 Å². The van der Waals surface area contributed by atoms with E-state index < -0.39 is 55.6 Å². The Labute approximate surface area is 230 Å². The van der Waals surface area contributed by atoms with E-state index in [0.717, 1.165) is 0 Å². The van der Waals surface area contributed by atoms with E-state index in [-0.39, 0.29) is 22.9 Å². The highest BCUT2D eigenvalue weighted by atomic mass is 35.5. The number of carbonyl (C=O) groups excluding carboxylic acids is 4. The number of Topliss-reactive ketones (excluding diaryl/α,β-unsaturated/α-hetero) is 1. The largest absolute Gasteiger partial charge is 0.363 e. The molecular formula is C26H27Cl2N3O6S. The molecule has 2 fully saturated rings. The summed E-state index contributed by atoms with van der Waals surface area (Å²) in [7, 11) is -4.04. The minimum atomic E-state index is -4.04. The molecule has 1 aliphatic heterocycles. The van der Waals surface area contributed by atoms with Crippen molar-refractivity contribution >= 4 is 56.5 Å². The van der Waals surface area contributed by atoms with Gasteiger partial charge in [0.1, 0.15) is 11.6 Å². The van der Waals surface area contributed by atoms with Gasteiger partial charge in [0, 0.05) is 11.6 Å². The van der Waals surface area contributed by atoms with Crippen LogP contribution in [0.4, 0.5) is 0 Å². The third-order valence-electron chi connectivity index (χ3n) is 7.19. The monoisotopic (exact) mass is 579 g/mol. The van der Waals surface area contributed by atoms with Gasteiger partial charge in [0.2, 0.25) is 17.6 Å². The van der Waals surface area contributed by atoms with Crippen LogP contribution in [0, 0.1) is 0 Å². The topological polar surface area (TPSA) is 144 Å². The number of amides is 3. The summed E-state index contributed by atoms with van der Waals surface area (Å²) >= 11 is 12.2. The van der Waals surface area contributed by atoms with Crippen LogP contribution in [-0.4, -0.2) is 60.2 Å². The van der Waals surface area contributed by atoms with Crippen LogP contribution in [0.3, 0.4) is 0 Å². The molecular weight excluding hydrogens is 553 g/mol. The molecule has 3 N–H and O–H groups in total. The van der Waals surface area contributed by atoms with E-state index in [1.807, 2.05) is 0 Å². The minimum Gasteiger partial charge on any atom is -0.363 e. The summed E-state index contributed by atoms with van der Waals surface area (Å²) < 4.78 is 27.1. The van der Waals surface area contributed by atoms with Crippen molar-refractivity contribution < 1.29 is 27.6 Å². The highest BCUT2D eigenvalue weighted by molar-refractivity contribution is 7.92. The van der Waals surface area contributed by atoms with Crippen LogP contribution in [0.1, 0.15) is 38.7 Å². The van der Waals surface area contributed by atoms with E-state index in [4.69, 9.17) is 28.9 Å². The predicted molar refractivity (Wildman–Crippen MR) is 141 cm³/mol. The first-order valence-corrected chi connectivity index (χ1v) is 14.2. The number of benzene rings is 2. The van der Waals surface area contributed by atoms with E-state index in [0.29, 0.717) is 23.4 Å². The quantitative estimate of drug-likeness (QED) is 0.459. The van der Waals surface area contributed by atoms with Crippen molar-refractivity contribution in [3.05, 3.63) is 64.1 Å². The summed E-state index contributed by atoms with van der Waals surface area (Å²) in [4.78, 5) is 52.3. The molecule has 1 saturated carbocycles. The van der Waals surface area contributed by atoms with Crippen LogP contribution in [0.25, 0.3) is 0 Å². The van der Waals surface area contributed by atoms with Crippen LogP contribution >= 0.6 is 23.2 Å². The van der Waals surface area contributed by atoms with Crippen LogP contribution in [0.2, 0.25) is 10.0 Å². The smallest absolute Gasteiger partial charge is 0.287 e. The number of nitrogens with two attached hydrogens (primary N) is 1. The Morgan fingerprint density at radius 1 is 1.03 bits per heavy atom. The van der Waals surface area contributed by atoms with Crippen molar-refractivity contribution in [1.82, 2.24) is 10.2 Å². The number of sulfone groups is 1. The van der Waals surface area contributed by atoms with E-state index in [9.17, 15) is 27.6 Å². The maximum Gasteiger partial charge on any atom is 0.287 e. The number of hydrogen-bond donors (Lipinski definition) is 2. The van der Waals surface area contributed by atoms with Gasteiger partial charge in [0.25, 0.3) is 5.91 Å². The zero-order chi connectivity index (χ0) is 28.0. The first-order valence-electron chi connectivity index (χ1n) is 11.9. The van der Waals surface area contributed by atoms with Gasteiger partial charge in [-0.05, 0) is 62.9 Å². The molecule has 0 unspecified atom stereocenters. The van der Waals surface area contributed by atoms with Gasteiger partial charge in [0.05, 0.1) is 20.6 Å². The molecule has 4 rings (SSSR count). The number of nitrogens with zero attached hydrogens (tertiary/aromatic N) is 1. The van der Waals surface area contributed by atoms with Gasteiger partial charge in [-0.1, -0.05) is 47.5 Å². The predicted octanol–water partition coefficient (Wildman–Crippen LogP) is 2.42. The maximum absolute atomic E-state index is 14.0. The molecule has 9 nitrogen and oxygen atoms in total. The Morgan fingerprint density at radius 2 is 1.63 bits per heavy atom. The van der Waals surface area contributed by atoms with Crippen molar-refractivity contribution in [3.63, 3.8) is 0 Å². The Hall–Kier alpha value is -2.95. The Balaban J connectivity index is 1.70. The lowest BCUT2D eigenvalue weighted by Gasteiger charge is -2.31. The van der Waals surface area contributed by atoms with Crippen LogP contribution in [0.5, 0.6) is 0 Å². The summed E-state index contributed by atoms with van der Waals surface area (Å²) in [5, 5.41) is 1.89. The first-order chi connectivity index (χ1) is 17.7. The average molecular weight is 580 g/mol. The van der Waals surface area contributed by atoms with Gasteiger partial charge in [0.15, 0.2) is 9.84 Å². The zero-order valence-corrected chi connectivity index (χ0v) is 23.1. The number of likely N-dealkylation sites (tertiary alicyclic amines) is 1. The van der Waals surface area contributed by atoms with Gasteiger partial charge >= 0.3 is 0 Å². The third kappa shape index (κ3) is 5.04. The third-order valence-corrected chi connectivity index (χ3v) is 10.1. The molecule has 2 atom stereocenters. The molecule has 1 saturated heterocycles. The molecule has 12 heteroatoms. The van der Waals surface area contributed by atoms with E-state index in [2.05, 4.69) is 5.32 Å². The summed E-state index contributed by atoms with van der Waals surface area (Å²) in [6.45, 7) is 2.38. The number of rotatable bonds is 8. The van der Waals surface area contributed by atoms with Gasteiger partial charge in [-0.15, -0.1) is 0 Å². The molecule has 2 aromatic carbocycles. The zero-order valence-electron chi connectivity index (χ0n) is 20.7. The second-order valence-electron chi connectivity index (χ2n) is 10.2. The van der Waals surface area contributed by atoms with Gasteiger partial charge in [-0.3, -0.25) is 19.2 Å². The summed E-state index contributed by atoms with van der Waals surface area (Å²) in [6, 6.07) is 11.6. The Bertz CT molecular complexity index is 1420. The van der Waals surface area contributed by atoms with Crippen LogP contribution < -0.4 is 11.1 Å². The Morgan fingerprint density at radius 3 is 2.18 bits per heavy atom. The van der Waals surface area contributed by atoms with Gasteiger partial charge < -0.3 is 16.0 Å². The van der Waals surface area contributed by atoms with E-state index >= 15 is 0 Å². The fraction of sp³-hybridized carbons (Fsp3) is 0.385. The molecule has 0 radical (unpaired) electrons. The second-order valence-corrected chi connectivity index (χ2v) is 13.2. The highest BCUT2D eigenvalue weighted by Crippen LogP contribution is 2.51. The molecule has 202 valence electrons. The number of halogens is 2. The first kappa shape index (κ1) is 28.1. The molecule has 2 aromatic rings. The molecule has 0 aromatic heterocycles. The minimum absolute atomic E-state index is 0.0336. The lowest BCUT2D eigenvalue weighted by atomic mass is 9.93. The molecule has 1 aliphatic carbocycles. The number of primary amides is 1. The van der Waals surface area contributed by atoms with E-state index in [1.54, 1.807) is 36.4 Å². The molecule has 38 heavy (non-hydrogen) atoms. The Kier molecular flexibility index (Phi) is 7.37. The number of nitrogens with one attached hydrogen (secondary N) is 1. The van der Waals surface area contributed by atoms with Crippen molar-refractivity contribution in [2.75, 3.05) is 6.54 Å². The highest BCUT2D eigenvalue weighted by Gasteiger charge is 2.57. The lowest BCUT2D eigenvalue weighted by Crippen LogP contribution is -2.58. The van der Waals surface area contributed by atoms with Crippen LogP contribution in [-0.2, 0) is 34.4 Å². The second kappa shape index (κ2) is 9.98. The molecule has 0 bridgehead atoms. The maximum atomic E-state index is 14.0. The van der Waals surface area contributed by atoms with Crippen LogP contribution in [0.15, 0.2) is 53.4 Å².